The van der Waals surface area contributed by atoms with Gasteiger partial charge >= 0.3 is 6.09 Å². The van der Waals surface area contributed by atoms with Gasteiger partial charge in [0.2, 0.25) is 0 Å². The van der Waals surface area contributed by atoms with Gasteiger partial charge in [-0.05, 0) is 63.8 Å². The number of aryl methyl sites for hydroxylation is 3. The number of nitrogens with one attached hydrogen (secondary N) is 1. The van der Waals surface area contributed by atoms with E-state index in [1.54, 1.807) is 0 Å². The molecule has 0 fully saturated rings. The van der Waals surface area contributed by atoms with Crippen LogP contribution in [-0.4, -0.2) is 16.7 Å². The SMILES string of the molecule is C.Cc1ccc(NC(=O)OC(C)(C)C)cc1CCc1cnc(N)s1. The van der Waals surface area contributed by atoms with Crippen LogP contribution < -0.4 is 11.1 Å². The van der Waals surface area contributed by atoms with Gasteiger partial charge in [0.25, 0.3) is 0 Å². The van der Waals surface area contributed by atoms with Crippen molar-refractivity contribution in [1.29, 1.82) is 0 Å². The van der Waals surface area contributed by atoms with Crippen molar-refractivity contribution in [3.8, 4) is 0 Å². The summed E-state index contributed by atoms with van der Waals surface area (Å²) in [6, 6.07) is 5.88. The molecule has 0 radical (unpaired) electrons. The maximum absolute atomic E-state index is 11.9. The zero-order chi connectivity index (χ0) is 17.0. The van der Waals surface area contributed by atoms with E-state index >= 15 is 0 Å². The van der Waals surface area contributed by atoms with Crippen LogP contribution in [0.3, 0.4) is 0 Å². The fraction of sp³-hybridized carbons (Fsp3) is 0.444. The molecule has 0 aliphatic carbocycles. The van der Waals surface area contributed by atoms with Crippen LogP contribution in [0.4, 0.5) is 15.6 Å². The minimum Gasteiger partial charge on any atom is -0.444 e. The third-order valence-corrected chi connectivity index (χ3v) is 4.09. The lowest BCUT2D eigenvalue weighted by molar-refractivity contribution is 0.0636. The number of hydrogen-bond donors (Lipinski definition) is 2. The molecule has 1 amide bonds. The first-order valence-electron chi connectivity index (χ1n) is 7.52. The standard InChI is InChI=1S/C17H23N3O2S.CH4/c1-11-5-7-13(20-16(21)22-17(2,3)4)9-12(11)6-8-14-10-19-15(18)23-14;/h5,7,9-10H,6,8H2,1-4H3,(H2,18,19)(H,20,21);1H4. The van der Waals surface area contributed by atoms with Gasteiger partial charge < -0.3 is 10.5 Å². The Balaban J connectivity index is 0.00000288. The predicted molar refractivity (Wildman–Crippen MR) is 102 cm³/mol. The molecule has 2 rings (SSSR count). The maximum Gasteiger partial charge on any atom is 0.412 e. The molecule has 0 aliphatic rings. The van der Waals surface area contributed by atoms with Crippen LogP contribution in [0.5, 0.6) is 0 Å². The minimum absolute atomic E-state index is 0. The third-order valence-electron chi connectivity index (χ3n) is 3.21. The average molecular weight is 350 g/mol. The monoisotopic (exact) mass is 349 g/mol. The number of anilines is 2. The molecule has 0 spiro atoms. The molecule has 0 unspecified atom stereocenters. The predicted octanol–water partition coefficient (Wildman–Crippen LogP) is 4.80. The van der Waals surface area contributed by atoms with E-state index in [4.69, 9.17) is 10.5 Å². The second kappa shape index (κ2) is 8.15. The van der Waals surface area contributed by atoms with Gasteiger partial charge in [0.1, 0.15) is 5.60 Å². The molecular weight excluding hydrogens is 322 g/mol. The van der Waals surface area contributed by atoms with Crippen LogP contribution in [0, 0.1) is 6.92 Å². The molecule has 1 aromatic heterocycles. The average Bonchev–Trinajstić information content (AvgIpc) is 2.83. The molecule has 2 aromatic rings. The van der Waals surface area contributed by atoms with Crippen molar-refractivity contribution in [3.63, 3.8) is 0 Å². The van der Waals surface area contributed by atoms with Gasteiger partial charge in [0, 0.05) is 16.8 Å². The highest BCUT2D eigenvalue weighted by atomic mass is 32.1. The highest BCUT2D eigenvalue weighted by Crippen LogP contribution is 2.21. The number of thiazole rings is 1. The number of aromatic nitrogens is 1. The number of rotatable bonds is 4. The molecule has 1 heterocycles. The molecule has 3 N–H and O–H groups in total. The van der Waals surface area contributed by atoms with E-state index in [0.29, 0.717) is 5.13 Å². The minimum atomic E-state index is -0.510. The second-order valence-corrected chi connectivity index (χ2v) is 7.58. The normalized spacial score (nSPS) is 10.8. The van der Waals surface area contributed by atoms with E-state index in [-0.39, 0.29) is 7.43 Å². The lowest BCUT2D eigenvalue weighted by Crippen LogP contribution is -2.27. The van der Waals surface area contributed by atoms with Crippen molar-refractivity contribution in [2.24, 2.45) is 0 Å². The lowest BCUT2D eigenvalue weighted by Gasteiger charge is -2.20. The number of hydrogen-bond acceptors (Lipinski definition) is 5. The van der Waals surface area contributed by atoms with E-state index in [1.165, 1.54) is 22.5 Å². The number of carbonyl (C=O) groups excluding carboxylic acids is 1. The van der Waals surface area contributed by atoms with Gasteiger partial charge in [-0.1, -0.05) is 13.5 Å². The van der Waals surface area contributed by atoms with Gasteiger partial charge in [0.15, 0.2) is 5.13 Å². The summed E-state index contributed by atoms with van der Waals surface area (Å²) in [5, 5.41) is 3.37. The van der Waals surface area contributed by atoms with E-state index in [0.717, 1.165) is 23.4 Å². The van der Waals surface area contributed by atoms with Crippen molar-refractivity contribution in [1.82, 2.24) is 4.98 Å². The largest absolute Gasteiger partial charge is 0.444 e. The van der Waals surface area contributed by atoms with E-state index in [9.17, 15) is 4.79 Å². The van der Waals surface area contributed by atoms with Crippen molar-refractivity contribution >= 4 is 28.2 Å². The zero-order valence-electron chi connectivity index (χ0n) is 14.0. The molecule has 132 valence electrons. The van der Waals surface area contributed by atoms with Crippen LogP contribution in [0.25, 0.3) is 0 Å². The Bertz CT molecular complexity index is 690. The molecule has 5 nitrogen and oxygen atoms in total. The lowest BCUT2D eigenvalue weighted by atomic mass is 10.0. The molecule has 0 atom stereocenters. The third kappa shape index (κ3) is 6.20. The molecular formula is C18H27N3O2S. The van der Waals surface area contributed by atoms with Gasteiger partial charge in [-0.25, -0.2) is 9.78 Å². The zero-order valence-corrected chi connectivity index (χ0v) is 14.8. The Morgan fingerprint density at radius 1 is 1.33 bits per heavy atom. The maximum atomic E-state index is 11.9. The number of nitrogens with two attached hydrogens (primary N) is 1. The first-order valence-corrected chi connectivity index (χ1v) is 8.34. The van der Waals surface area contributed by atoms with E-state index < -0.39 is 11.7 Å². The number of nitrogen functional groups attached to an aromatic ring is 1. The van der Waals surface area contributed by atoms with Gasteiger partial charge in [-0.2, -0.15) is 0 Å². The van der Waals surface area contributed by atoms with E-state index in [2.05, 4.69) is 17.2 Å². The summed E-state index contributed by atoms with van der Waals surface area (Å²) < 4.78 is 5.27. The van der Waals surface area contributed by atoms with Crippen molar-refractivity contribution in [2.45, 2.75) is 53.6 Å². The van der Waals surface area contributed by atoms with Crippen LogP contribution in [-0.2, 0) is 17.6 Å². The van der Waals surface area contributed by atoms with Crippen molar-refractivity contribution in [2.75, 3.05) is 11.1 Å². The van der Waals surface area contributed by atoms with E-state index in [1.807, 2.05) is 45.2 Å². The first kappa shape index (κ1) is 20.0. The number of benzene rings is 1. The number of carbonyl (C=O) groups is 1. The van der Waals surface area contributed by atoms with Crippen LogP contribution in [0.1, 0.15) is 44.2 Å². The van der Waals surface area contributed by atoms with Crippen molar-refractivity contribution < 1.29 is 9.53 Å². The fourth-order valence-electron chi connectivity index (χ4n) is 2.14. The number of amides is 1. The molecule has 0 saturated heterocycles. The molecule has 0 bridgehead atoms. The first-order chi connectivity index (χ1) is 10.7. The quantitative estimate of drug-likeness (QED) is 0.831. The molecule has 6 heteroatoms. The number of nitrogens with zero attached hydrogens (tertiary/aromatic N) is 1. The summed E-state index contributed by atoms with van der Waals surface area (Å²) in [5.41, 5.74) is 8.26. The Morgan fingerprint density at radius 2 is 2.04 bits per heavy atom. The summed E-state index contributed by atoms with van der Waals surface area (Å²) in [6.45, 7) is 7.59. The molecule has 0 saturated carbocycles. The van der Waals surface area contributed by atoms with Gasteiger partial charge in [0.05, 0.1) is 0 Å². The van der Waals surface area contributed by atoms with Crippen LogP contribution in [0.2, 0.25) is 0 Å². The molecule has 0 aliphatic heterocycles. The molecule has 1 aromatic carbocycles. The highest BCUT2D eigenvalue weighted by Gasteiger charge is 2.16. The Labute approximate surface area is 148 Å². The van der Waals surface area contributed by atoms with Crippen molar-refractivity contribution in [3.05, 3.63) is 40.4 Å². The fourth-order valence-corrected chi connectivity index (χ4v) is 2.82. The van der Waals surface area contributed by atoms with Gasteiger partial charge in [-0.15, -0.1) is 11.3 Å². The Morgan fingerprint density at radius 3 is 2.62 bits per heavy atom. The smallest absolute Gasteiger partial charge is 0.412 e. The van der Waals surface area contributed by atoms with Crippen LogP contribution in [0.15, 0.2) is 24.4 Å². The molecule has 24 heavy (non-hydrogen) atoms. The van der Waals surface area contributed by atoms with Crippen LogP contribution >= 0.6 is 11.3 Å². The summed E-state index contributed by atoms with van der Waals surface area (Å²) in [7, 11) is 0. The number of ether oxygens (including phenoxy) is 1. The Kier molecular flexibility index (Phi) is 6.78. The second-order valence-electron chi connectivity index (χ2n) is 6.43. The highest BCUT2D eigenvalue weighted by molar-refractivity contribution is 7.15. The summed E-state index contributed by atoms with van der Waals surface area (Å²) in [5.74, 6) is 0. The Hall–Kier alpha value is -2.08. The summed E-state index contributed by atoms with van der Waals surface area (Å²) in [4.78, 5) is 17.1. The summed E-state index contributed by atoms with van der Waals surface area (Å²) in [6.07, 6.45) is 3.13. The summed E-state index contributed by atoms with van der Waals surface area (Å²) >= 11 is 1.51. The van der Waals surface area contributed by atoms with Gasteiger partial charge in [-0.3, -0.25) is 5.32 Å². The topological polar surface area (TPSA) is 77.2 Å².